The van der Waals surface area contributed by atoms with Crippen molar-refractivity contribution in [1.29, 1.82) is 0 Å². The predicted molar refractivity (Wildman–Crippen MR) is 53.2 cm³/mol. The molecule has 4 heteroatoms. The van der Waals surface area contributed by atoms with Crippen LogP contribution in [0.1, 0.15) is 26.2 Å². The number of carbonyl (C=O) groups is 1. The van der Waals surface area contributed by atoms with E-state index in [1.165, 1.54) is 6.92 Å². The highest BCUT2D eigenvalue weighted by Crippen LogP contribution is 2.34. The molecule has 2 aliphatic rings. The second-order valence-electron chi connectivity index (χ2n) is 3.89. The Balaban J connectivity index is 2.12. The number of hydrogen-bond acceptors (Lipinski definition) is 4. The van der Waals surface area contributed by atoms with Gasteiger partial charge in [-0.15, -0.1) is 0 Å². The molecule has 0 N–H and O–H groups in total. The minimum atomic E-state index is -0.724. The number of hydrogen-bond donors (Lipinski definition) is 0. The highest BCUT2D eigenvalue weighted by Gasteiger charge is 2.44. The van der Waals surface area contributed by atoms with Crippen LogP contribution in [0.3, 0.4) is 0 Å². The molecule has 1 fully saturated rings. The van der Waals surface area contributed by atoms with Gasteiger partial charge in [0.15, 0.2) is 6.10 Å². The van der Waals surface area contributed by atoms with Gasteiger partial charge < -0.3 is 14.2 Å². The summed E-state index contributed by atoms with van der Waals surface area (Å²) in [6, 6.07) is 0. The summed E-state index contributed by atoms with van der Waals surface area (Å²) < 4.78 is 16.5. The van der Waals surface area contributed by atoms with Crippen LogP contribution < -0.4 is 0 Å². The Morgan fingerprint density at radius 1 is 1.47 bits per heavy atom. The Kier molecular flexibility index (Phi) is 3.07. The van der Waals surface area contributed by atoms with Crippen LogP contribution in [0.4, 0.5) is 0 Å². The van der Waals surface area contributed by atoms with Gasteiger partial charge in [0.1, 0.15) is 0 Å². The third-order valence-electron chi connectivity index (χ3n) is 2.73. The van der Waals surface area contributed by atoms with Crippen LogP contribution in [-0.2, 0) is 19.0 Å². The Morgan fingerprint density at radius 2 is 2.33 bits per heavy atom. The standard InChI is InChI=1S/C11H16O4/c1-9(12)15-10-5-4-8-14-11(10)6-2-3-7-13-11/h4-5,10H,2-3,6-8H2,1H3/t10-,11+/m1/s1. The lowest BCUT2D eigenvalue weighted by Crippen LogP contribution is -2.52. The van der Waals surface area contributed by atoms with E-state index in [1.54, 1.807) is 0 Å². The number of rotatable bonds is 1. The minimum Gasteiger partial charge on any atom is -0.453 e. The fourth-order valence-corrected chi connectivity index (χ4v) is 2.03. The Morgan fingerprint density at radius 3 is 3.00 bits per heavy atom. The maximum Gasteiger partial charge on any atom is 0.303 e. The second kappa shape index (κ2) is 4.33. The van der Waals surface area contributed by atoms with Crippen LogP contribution in [0, 0.1) is 0 Å². The molecule has 4 nitrogen and oxygen atoms in total. The molecular weight excluding hydrogens is 196 g/mol. The van der Waals surface area contributed by atoms with Gasteiger partial charge in [-0.25, -0.2) is 0 Å². The van der Waals surface area contributed by atoms with Gasteiger partial charge in [0.05, 0.1) is 13.2 Å². The molecule has 84 valence electrons. The highest BCUT2D eigenvalue weighted by atomic mass is 16.7. The molecule has 0 saturated carbocycles. The van der Waals surface area contributed by atoms with Crippen molar-refractivity contribution in [3.63, 3.8) is 0 Å². The van der Waals surface area contributed by atoms with Crippen molar-refractivity contribution in [1.82, 2.24) is 0 Å². The normalized spacial score (nSPS) is 35.4. The maximum absolute atomic E-state index is 11.0. The molecule has 2 heterocycles. The number of esters is 1. The van der Waals surface area contributed by atoms with Gasteiger partial charge in [-0.2, -0.15) is 0 Å². The summed E-state index contributed by atoms with van der Waals surface area (Å²) in [5.41, 5.74) is 0. The molecule has 0 aromatic heterocycles. The molecule has 15 heavy (non-hydrogen) atoms. The maximum atomic E-state index is 11.0. The van der Waals surface area contributed by atoms with Crippen LogP contribution >= 0.6 is 0 Å². The summed E-state index contributed by atoms with van der Waals surface area (Å²) in [6.07, 6.45) is 6.19. The van der Waals surface area contributed by atoms with Crippen molar-refractivity contribution in [2.75, 3.05) is 13.2 Å². The predicted octanol–water partition coefficient (Wildman–Crippen LogP) is 1.40. The van der Waals surface area contributed by atoms with E-state index < -0.39 is 11.9 Å². The first-order valence-corrected chi connectivity index (χ1v) is 5.35. The zero-order valence-corrected chi connectivity index (χ0v) is 8.90. The lowest BCUT2D eigenvalue weighted by molar-refractivity contribution is -0.292. The van der Waals surface area contributed by atoms with E-state index in [1.807, 2.05) is 12.2 Å². The van der Waals surface area contributed by atoms with Gasteiger partial charge in [0.25, 0.3) is 0 Å². The monoisotopic (exact) mass is 212 g/mol. The molecule has 1 spiro atoms. The van der Waals surface area contributed by atoms with Crippen LogP contribution in [0.25, 0.3) is 0 Å². The van der Waals surface area contributed by atoms with E-state index in [9.17, 15) is 4.79 Å². The highest BCUT2D eigenvalue weighted by molar-refractivity contribution is 5.66. The number of carbonyl (C=O) groups excluding carboxylic acids is 1. The zero-order valence-electron chi connectivity index (χ0n) is 8.90. The van der Waals surface area contributed by atoms with E-state index in [0.717, 1.165) is 19.3 Å². The van der Waals surface area contributed by atoms with Crippen molar-refractivity contribution in [3.05, 3.63) is 12.2 Å². The molecule has 0 aliphatic carbocycles. The quantitative estimate of drug-likeness (QED) is 0.487. The van der Waals surface area contributed by atoms with Gasteiger partial charge in [-0.1, -0.05) is 6.08 Å². The topological polar surface area (TPSA) is 44.8 Å². The van der Waals surface area contributed by atoms with Crippen LogP contribution in [0.2, 0.25) is 0 Å². The van der Waals surface area contributed by atoms with E-state index in [-0.39, 0.29) is 5.97 Å². The summed E-state index contributed by atoms with van der Waals surface area (Å²) in [5.74, 6) is -1.03. The van der Waals surface area contributed by atoms with Gasteiger partial charge in [-0.3, -0.25) is 4.79 Å². The minimum absolute atomic E-state index is 0.302. The first kappa shape index (κ1) is 10.6. The fraction of sp³-hybridized carbons (Fsp3) is 0.727. The Bertz CT molecular complexity index is 266. The number of ether oxygens (including phenoxy) is 3. The largest absolute Gasteiger partial charge is 0.453 e. The molecule has 0 radical (unpaired) electrons. The molecule has 0 unspecified atom stereocenters. The first-order chi connectivity index (χ1) is 7.23. The lowest BCUT2D eigenvalue weighted by atomic mass is 9.97. The van der Waals surface area contributed by atoms with E-state index in [4.69, 9.17) is 14.2 Å². The van der Waals surface area contributed by atoms with Crippen molar-refractivity contribution in [2.24, 2.45) is 0 Å². The van der Waals surface area contributed by atoms with Crippen LogP contribution in [0.5, 0.6) is 0 Å². The molecule has 2 atom stereocenters. The molecule has 1 saturated heterocycles. The van der Waals surface area contributed by atoms with Crippen molar-refractivity contribution >= 4 is 5.97 Å². The van der Waals surface area contributed by atoms with Gasteiger partial charge in [0.2, 0.25) is 5.79 Å². The van der Waals surface area contributed by atoms with Gasteiger partial charge >= 0.3 is 5.97 Å². The zero-order chi connectivity index (χ0) is 10.7. The van der Waals surface area contributed by atoms with Crippen LogP contribution in [-0.4, -0.2) is 31.1 Å². The average Bonchev–Trinajstić information content (AvgIpc) is 2.23. The van der Waals surface area contributed by atoms with Gasteiger partial charge in [0, 0.05) is 13.3 Å². The van der Waals surface area contributed by atoms with E-state index in [0.29, 0.717) is 13.2 Å². The molecule has 0 aromatic rings. The lowest BCUT2D eigenvalue weighted by Gasteiger charge is -2.42. The summed E-state index contributed by atoms with van der Waals surface area (Å²) >= 11 is 0. The SMILES string of the molecule is CC(=O)O[C@@H]1C=CCO[C@@]12CCCCO2. The summed E-state index contributed by atoms with van der Waals surface area (Å²) in [7, 11) is 0. The molecular formula is C11H16O4. The molecule has 0 amide bonds. The summed E-state index contributed by atoms with van der Waals surface area (Å²) in [5, 5.41) is 0. The van der Waals surface area contributed by atoms with E-state index in [2.05, 4.69) is 0 Å². The summed E-state index contributed by atoms with van der Waals surface area (Å²) in [6.45, 7) is 2.60. The van der Waals surface area contributed by atoms with Crippen molar-refractivity contribution in [2.45, 2.75) is 38.1 Å². The summed E-state index contributed by atoms with van der Waals surface area (Å²) in [4.78, 5) is 11.0. The van der Waals surface area contributed by atoms with Gasteiger partial charge in [-0.05, 0) is 18.9 Å². The molecule has 2 rings (SSSR count). The Hall–Kier alpha value is -0.870. The third kappa shape index (κ3) is 2.21. The Labute approximate surface area is 89.2 Å². The van der Waals surface area contributed by atoms with Crippen molar-refractivity contribution < 1.29 is 19.0 Å². The first-order valence-electron chi connectivity index (χ1n) is 5.35. The average molecular weight is 212 g/mol. The third-order valence-corrected chi connectivity index (χ3v) is 2.73. The molecule has 0 aromatic carbocycles. The van der Waals surface area contributed by atoms with Crippen LogP contribution in [0.15, 0.2) is 12.2 Å². The second-order valence-corrected chi connectivity index (χ2v) is 3.89. The fourth-order valence-electron chi connectivity index (χ4n) is 2.03. The molecule has 0 bridgehead atoms. The molecule has 2 aliphatic heterocycles. The van der Waals surface area contributed by atoms with E-state index >= 15 is 0 Å². The van der Waals surface area contributed by atoms with Crippen molar-refractivity contribution in [3.8, 4) is 0 Å². The smallest absolute Gasteiger partial charge is 0.303 e.